The highest BCUT2D eigenvalue weighted by Gasteiger charge is 2.16. The van der Waals surface area contributed by atoms with Crippen LogP contribution < -0.4 is 0 Å². The second-order valence-corrected chi connectivity index (χ2v) is 6.13. The van der Waals surface area contributed by atoms with Gasteiger partial charge in [-0.15, -0.1) is 0 Å². The second kappa shape index (κ2) is 6.61. The Morgan fingerprint density at radius 2 is 2.04 bits per heavy atom. The fraction of sp³-hybridized carbons (Fsp3) is 0.278. The summed E-state index contributed by atoms with van der Waals surface area (Å²) in [5.41, 5.74) is 5.90. The average Bonchev–Trinajstić information content (AvgIpc) is 2.87. The van der Waals surface area contributed by atoms with Crippen molar-refractivity contribution in [3.8, 4) is 0 Å². The van der Waals surface area contributed by atoms with Gasteiger partial charge in [0.1, 0.15) is 17.5 Å². The largest absolute Gasteiger partial charge is 0.459 e. The lowest BCUT2D eigenvalue weighted by Gasteiger charge is -2.10. The first-order valence-electron chi connectivity index (χ1n) is 7.67. The SMILES string of the molecule is CC(=O)OCc1nc2ccc(Cl)nn2c1Cc1cccc(C)c1C. The van der Waals surface area contributed by atoms with E-state index < -0.39 is 0 Å². The molecule has 24 heavy (non-hydrogen) atoms. The van der Waals surface area contributed by atoms with Crippen molar-refractivity contribution in [1.29, 1.82) is 0 Å². The van der Waals surface area contributed by atoms with Crippen molar-refractivity contribution in [1.82, 2.24) is 14.6 Å². The molecule has 0 amide bonds. The van der Waals surface area contributed by atoms with Gasteiger partial charge in [-0.3, -0.25) is 4.79 Å². The van der Waals surface area contributed by atoms with Crippen LogP contribution in [0.2, 0.25) is 5.15 Å². The van der Waals surface area contributed by atoms with Crippen LogP contribution in [0.15, 0.2) is 30.3 Å². The zero-order chi connectivity index (χ0) is 17.3. The first-order valence-corrected chi connectivity index (χ1v) is 8.05. The van der Waals surface area contributed by atoms with Crippen LogP contribution in [0.5, 0.6) is 0 Å². The molecule has 5 nitrogen and oxygen atoms in total. The van der Waals surface area contributed by atoms with Crippen LogP contribution in [0.25, 0.3) is 5.65 Å². The molecule has 0 saturated heterocycles. The molecular weight excluding hydrogens is 326 g/mol. The molecule has 2 heterocycles. The van der Waals surface area contributed by atoms with Crippen molar-refractivity contribution in [2.45, 2.75) is 33.8 Å². The maximum absolute atomic E-state index is 11.2. The first-order chi connectivity index (χ1) is 11.5. The number of esters is 1. The van der Waals surface area contributed by atoms with Gasteiger partial charge >= 0.3 is 5.97 Å². The number of carbonyl (C=O) groups excluding carboxylic acids is 1. The van der Waals surface area contributed by atoms with Gasteiger partial charge in [0.25, 0.3) is 0 Å². The molecule has 0 spiro atoms. The molecule has 0 atom stereocenters. The summed E-state index contributed by atoms with van der Waals surface area (Å²) in [4.78, 5) is 15.7. The number of imidazole rings is 1. The fourth-order valence-corrected chi connectivity index (χ4v) is 2.79. The van der Waals surface area contributed by atoms with Gasteiger partial charge in [-0.25, -0.2) is 9.50 Å². The Morgan fingerprint density at radius 1 is 1.25 bits per heavy atom. The minimum atomic E-state index is -0.337. The number of halogens is 1. The minimum Gasteiger partial charge on any atom is -0.459 e. The van der Waals surface area contributed by atoms with E-state index in [1.807, 2.05) is 6.07 Å². The Kier molecular flexibility index (Phi) is 4.53. The molecule has 0 saturated carbocycles. The van der Waals surface area contributed by atoms with Crippen LogP contribution in [0.3, 0.4) is 0 Å². The standard InChI is InChI=1S/C18H18ClN3O2/c1-11-5-4-6-14(12(11)2)9-16-15(10-24-13(3)23)20-18-8-7-17(19)21-22(16)18/h4-8H,9-10H2,1-3H3. The molecular formula is C18H18ClN3O2. The van der Waals surface area contributed by atoms with Crippen molar-refractivity contribution in [2.24, 2.45) is 0 Å². The van der Waals surface area contributed by atoms with Crippen molar-refractivity contribution in [3.63, 3.8) is 0 Å². The molecule has 0 aliphatic carbocycles. The maximum atomic E-state index is 11.2. The Hall–Kier alpha value is -2.40. The van der Waals surface area contributed by atoms with Gasteiger partial charge in [0.05, 0.1) is 5.69 Å². The Morgan fingerprint density at radius 3 is 2.79 bits per heavy atom. The summed E-state index contributed by atoms with van der Waals surface area (Å²) >= 11 is 6.04. The van der Waals surface area contributed by atoms with Crippen molar-refractivity contribution >= 4 is 23.2 Å². The number of nitrogens with zero attached hydrogens (tertiary/aromatic N) is 3. The third kappa shape index (κ3) is 3.26. The fourth-order valence-electron chi connectivity index (χ4n) is 2.65. The van der Waals surface area contributed by atoms with Crippen LogP contribution in [0.4, 0.5) is 0 Å². The smallest absolute Gasteiger partial charge is 0.303 e. The predicted molar refractivity (Wildman–Crippen MR) is 92.2 cm³/mol. The van der Waals surface area contributed by atoms with Crippen molar-refractivity contribution in [2.75, 3.05) is 0 Å². The Bertz CT molecular complexity index is 918. The molecule has 2 aromatic heterocycles. The lowest BCUT2D eigenvalue weighted by molar-refractivity contribution is -0.142. The lowest BCUT2D eigenvalue weighted by Crippen LogP contribution is -2.06. The first kappa shape index (κ1) is 16.5. The highest BCUT2D eigenvalue weighted by Crippen LogP contribution is 2.21. The number of carbonyl (C=O) groups is 1. The van der Waals surface area contributed by atoms with E-state index in [4.69, 9.17) is 16.3 Å². The monoisotopic (exact) mass is 343 g/mol. The summed E-state index contributed by atoms with van der Waals surface area (Å²) in [5, 5.41) is 4.74. The van der Waals surface area contributed by atoms with Crippen molar-refractivity contribution in [3.05, 3.63) is 63.6 Å². The van der Waals surface area contributed by atoms with Crippen LogP contribution >= 0.6 is 11.6 Å². The topological polar surface area (TPSA) is 56.5 Å². The molecule has 3 rings (SSSR count). The quantitative estimate of drug-likeness (QED) is 0.678. The third-order valence-corrected chi connectivity index (χ3v) is 4.31. The summed E-state index contributed by atoms with van der Waals surface area (Å²) in [6.45, 7) is 5.69. The molecule has 0 bridgehead atoms. The molecule has 3 aromatic rings. The van der Waals surface area contributed by atoms with E-state index >= 15 is 0 Å². The number of hydrogen-bond donors (Lipinski definition) is 0. The Labute approximate surface area is 145 Å². The number of fused-ring (bicyclic) bond motifs is 1. The third-order valence-electron chi connectivity index (χ3n) is 4.11. The number of ether oxygens (including phenoxy) is 1. The van der Waals surface area contributed by atoms with Crippen molar-refractivity contribution < 1.29 is 9.53 Å². The normalized spacial score (nSPS) is 11.0. The number of benzene rings is 1. The summed E-state index contributed by atoms with van der Waals surface area (Å²) in [6, 6.07) is 9.71. The van der Waals surface area contributed by atoms with Gasteiger partial charge in [-0.05, 0) is 42.7 Å². The number of rotatable bonds is 4. The molecule has 0 aliphatic rings. The molecule has 0 N–H and O–H groups in total. The summed E-state index contributed by atoms with van der Waals surface area (Å²) < 4.78 is 6.87. The lowest BCUT2D eigenvalue weighted by atomic mass is 9.99. The molecule has 0 aliphatic heterocycles. The van der Waals surface area contributed by atoms with E-state index in [1.165, 1.54) is 23.6 Å². The van der Waals surface area contributed by atoms with Crippen LogP contribution in [-0.4, -0.2) is 20.6 Å². The Balaban J connectivity index is 2.09. The summed E-state index contributed by atoms with van der Waals surface area (Å²) in [7, 11) is 0. The van der Waals surface area contributed by atoms with Gasteiger partial charge in [0.2, 0.25) is 0 Å². The highest BCUT2D eigenvalue weighted by molar-refractivity contribution is 6.29. The van der Waals surface area contributed by atoms with Gasteiger partial charge in [0.15, 0.2) is 5.65 Å². The molecule has 0 fully saturated rings. The zero-order valence-electron chi connectivity index (χ0n) is 13.8. The van der Waals surface area contributed by atoms with Crippen LogP contribution in [-0.2, 0) is 22.6 Å². The van der Waals surface area contributed by atoms with Crippen LogP contribution in [0, 0.1) is 13.8 Å². The maximum Gasteiger partial charge on any atom is 0.303 e. The van der Waals surface area contributed by atoms with E-state index in [2.05, 4.69) is 36.1 Å². The molecule has 6 heteroatoms. The second-order valence-electron chi connectivity index (χ2n) is 5.75. The number of hydrogen-bond acceptors (Lipinski definition) is 4. The van der Waals surface area contributed by atoms with Gasteiger partial charge in [-0.2, -0.15) is 5.10 Å². The van der Waals surface area contributed by atoms with Gasteiger partial charge < -0.3 is 4.74 Å². The number of aryl methyl sites for hydroxylation is 1. The van der Waals surface area contributed by atoms with Crippen LogP contribution in [0.1, 0.15) is 35.0 Å². The molecule has 0 unspecified atom stereocenters. The molecule has 0 radical (unpaired) electrons. The van der Waals surface area contributed by atoms with E-state index in [-0.39, 0.29) is 12.6 Å². The van der Waals surface area contributed by atoms with E-state index in [9.17, 15) is 4.79 Å². The molecule has 124 valence electrons. The van der Waals surface area contributed by atoms with Gasteiger partial charge in [0, 0.05) is 13.3 Å². The van der Waals surface area contributed by atoms with Gasteiger partial charge in [-0.1, -0.05) is 29.8 Å². The minimum absolute atomic E-state index is 0.122. The highest BCUT2D eigenvalue weighted by atomic mass is 35.5. The van der Waals surface area contributed by atoms with E-state index in [0.29, 0.717) is 22.9 Å². The molecule has 1 aromatic carbocycles. The summed E-state index contributed by atoms with van der Waals surface area (Å²) in [6.07, 6.45) is 0.638. The predicted octanol–water partition coefficient (Wildman–Crippen LogP) is 3.65. The average molecular weight is 344 g/mol. The van der Waals surface area contributed by atoms with E-state index in [0.717, 1.165) is 5.69 Å². The zero-order valence-corrected chi connectivity index (χ0v) is 14.6. The number of aromatic nitrogens is 3. The van der Waals surface area contributed by atoms with E-state index in [1.54, 1.807) is 16.6 Å². The summed E-state index contributed by atoms with van der Waals surface area (Å²) in [5.74, 6) is -0.337.